The maximum absolute atomic E-state index is 12.7. The molecule has 0 N–H and O–H groups in total. The Morgan fingerprint density at radius 2 is 1.84 bits per heavy atom. The zero-order chi connectivity index (χ0) is 18.9. The highest BCUT2D eigenvalue weighted by atomic mass is 35.5. The van der Waals surface area contributed by atoms with Gasteiger partial charge in [-0.2, -0.15) is 13.2 Å². The average Bonchev–Trinajstić information content (AvgIpc) is 2.52. The van der Waals surface area contributed by atoms with Gasteiger partial charge in [0.25, 0.3) is 5.91 Å². The van der Waals surface area contributed by atoms with Crippen molar-refractivity contribution < 1.29 is 18.0 Å². The minimum atomic E-state index is -4.55. The fraction of sp³-hybridized carbons (Fsp3) is 0.294. The number of alkyl halides is 3. The van der Waals surface area contributed by atoms with Gasteiger partial charge in [0.05, 0.1) is 17.3 Å². The Hall–Kier alpha value is -1.79. The third kappa shape index (κ3) is 4.25. The van der Waals surface area contributed by atoms with Crippen LogP contribution in [0.15, 0.2) is 30.3 Å². The summed E-state index contributed by atoms with van der Waals surface area (Å²) in [5.74, 6) is -0.447. The maximum Gasteiger partial charge on any atom is 0.433 e. The molecule has 1 heterocycles. The summed E-state index contributed by atoms with van der Waals surface area (Å²) in [6, 6.07) is 6.46. The molecule has 0 bridgehead atoms. The molecule has 1 aromatic heterocycles. The van der Waals surface area contributed by atoms with Crippen LogP contribution in [0.3, 0.4) is 0 Å². The van der Waals surface area contributed by atoms with Gasteiger partial charge in [-0.15, -0.1) is 0 Å². The molecule has 0 fully saturated rings. The molecule has 1 atom stereocenters. The number of nitrogens with zero attached hydrogens (tertiary/aromatic N) is 2. The average molecular weight is 391 g/mol. The Bertz CT molecular complexity index is 809. The molecule has 3 nitrogen and oxygen atoms in total. The molecule has 0 aliphatic rings. The van der Waals surface area contributed by atoms with Gasteiger partial charge in [-0.3, -0.25) is 4.79 Å². The largest absolute Gasteiger partial charge is 0.433 e. The van der Waals surface area contributed by atoms with Gasteiger partial charge in [-0.25, -0.2) is 4.98 Å². The zero-order valence-corrected chi connectivity index (χ0v) is 15.2. The summed E-state index contributed by atoms with van der Waals surface area (Å²) in [4.78, 5) is 17.5. The number of pyridine rings is 1. The van der Waals surface area contributed by atoms with Crippen molar-refractivity contribution >= 4 is 29.1 Å². The second-order valence-electron chi connectivity index (χ2n) is 5.59. The Labute approximate surface area is 153 Å². The van der Waals surface area contributed by atoms with Gasteiger partial charge in [-0.1, -0.05) is 29.3 Å². The van der Waals surface area contributed by atoms with Crippen molar-refractivity contribution in [2.24, 2.45) is 0 Å². The fourth-order valence-corrected chi connectivity index (χ4v) is 2.93. The second-order valence-corrected chi connectivity index (χ2v) is 6.43. The molecule has 8 heteroatoms. The number of hydrogen-bond acceptors (Lipinski definition) is 2. The van der Waals surface area contributed by atoms with Gasteiger partial charge >= 0.3 is 6.18 Å². The van der Waals surface area contributed by atoms with Gasteiger partial charge in [0.15, 0.2) is 0 Å². The quantitative estimate of drug-likeness (QED) is 0.688. The molecule has 1 aromatic carbocycles. The molecule has 134 valence electrons. The van der Waals surface area contributed by atoms with Crippen molar-refractivity contribution in [1.29, 1.82) is 0 Å². The highest BCUT2D eigenvalue weighted by Gasteiger charge is 2.33. The van der Waals surface area contributed by atoms with Crippen molar-refractivity contribution in [2.45, 2.75) is 26.1 Å². The zero-order valence-electron chi connectivity index (χ0n) is 13.7. The molecule has 0 saturated carbocycles. The lowest BCUT2D eigenvalue weighted by atomic mass is 10.1. The van der Waals surface area contributed by atoms with Crippen molar-refractivity contribution in [2.75, 3.05) is 7.05 Å². The Kier molecular flexibility index (Phi) is 5.64. The normalized spacial score (nSPS) is 12.8. The van der Waals surface area contributed by atoms with E-state index in [-0.39, 0.29) is 11.3 Å². The molecule has 0 aliphatic carbocycles. The third-order valence-corrected chi connectivity index (χ3v) is 4.48. The molecule has 2 aromatic rings. The molecule has 25 heavy (non-hydrogen) atoms. The molecule has 1 unspecified atom stereocenters. The topological polar surface area (TPSA) is 33.2 Å². The van der Waals surface area contributed by atoms with E-state index in [1.54, 1.807) is 32.2 Å². The second kappa shape index (κ2) is 7.22. The van der Waals surface area contributed by atoms with E-state index in [0.717, 1.165) is 12.1 Å². The highest BCUT2D eigenvalue weighted by Crippen LogP contribution is 2.31. The summed E-state index contributed by atoms with van der Waals surface area (Å²) < 4.78 is 38.1. The van der Waals surface area contributed by atoms with E-state index in [1.807, 2.05) is 0 Å². The molecule has 0 spiro atoms. The van der Waals surface area contributed by atoms with Crippen LogP contribution in [-0.2, 0) is 6.18 Å². The number of carbonyl (C=O) groups is 1. The first kappa shape index (κ1) is 19.5. The SMILES string of the molecule is Cc1nc(C(F)(F)F)ccc1C(=O)N(C)C(C)c1ccc(Cl)cc1Cl. The number of halogens is 5. The molecular formula is C17H15Cl2F3N2O. The van der Waals surface area contributed by atoms with Crippen LogP contribution in [0.1, 0.15) is 40.3 Å². The van der Waals surface area contributed by atoms with E-state index in [9.17, 15) is 18.0 Å². The van der Waals surface area contributed by atoms with Gasteiger partial charge in [0.2, 0.25) is 0 Å². The lowest BCUT2D eigenvalue weighted by Crippen LogP contribution is -2.30. The highest BCUT2D eigenvalue weighted by molar-refractivity contribution is 6.35. The number of aryl methyl sites for hydroxylation is 1. The van der Waals surface area contributed by atoms with Crippen LogP contribution < -0.4 is 0 Å². The number of aromatic nitrogens is 1. The van der Waals surface area contributed by atoms with Crippen LogP contribution in [0.5, 0.6) is 0 Å². The Morgan fingerprint density at radius 1 is 1.20 bits per heavy atom. The predicted octanol–water partition coefficient (Wildman–Crippen LogP) is 5.55. The summed E-state index contributed by atoms with van der Waals surface area (Å²) in [5, 5.41) is 0.875. The van der Waals surface area contributed by atoms with E-state index < -0.39 is 23.8 Å². The van der Waals surface area contributed by atoms with Gasteiger partial charge in [-0.05, 0) is 43.7 Å². The number of benzene rings is 1. The first-order valence-corrected chi connectivity index (χ1v) is 8.05. The van der Waals surface area contributed by atoms with Crippen molar-refractivity contribution in [3.8, 4) is 0 Å². The summed E-state index contributed by atoms with van der Waals surface area (Å²) in [7, 11) is 1.55. The van der Waals surface area contributed by atoms with Crippen molar-refractivity contribution in [1.82, 2.24) is 9.88 Å². The number of amides is 1. The number of rotatable bonds is 3. The molecule has 1 amide bonds. The number of hydrogen-bond donors (Lipinski definition) is 0. The van der Waals surface area contributed by atoms with Gasteiger partial charge < -0.3 is 4.90 Å². The number of carbonyl (C=O) groups excluding carboxylic acids is 1. The minimum absolute atomic E-state index is 0.0149. The standard InChI is InChI=1S/C17H15Cl2F3N2O/c1-9-12(6-7-15(23-9)17(20,21)22)16(25)24(3)10(2)13-5-4-11(18)8-14(13)19/h4-8,10H,1-3H3. The van der Waals surface area contributed by atoms with Crippen LogP contribution in [-0.4, -0.2) is 22.8 Å². The summed E-state index contributed by atoms with van der Waals surface area (Å²) in [6.45, 7) is 3.14. The van der Waals surface area contributed by atoms with E-state index in [0.29, 0.717) is 15.6 Å². The van der Waals surface area contributed by atoms with Gasteiger partial charge in [0.1, 0.15) is 5.69 Å². The van der Waals surface area contributed by atoms with Crippen LogP contribution in [0.2, 0.25) is 10.0 Å². The van der Waals surface area contributed by atoms with Crippen LogP contribution in [0.4, 0.5) is 13.2 Å². The lowest BCUT2D eigenvalue weighted by molar-refractivity contribution is -0.141. The summed E-state index contributed by atoms with van der Waals surface area (Å²) >= 11 is 12.0. The third-order valence-electron chi connectivity index (χ3n) is 3.92. The Balaban J connectivity index is 2.30. The lowest BCUT2D eigenvalue weighted by Gasteiger charge is -2.26. The van der Waals surface area contributed by atoms with E-state index in [1.165, 1.54) is 11.8 Å². The van der Waals surface area contributed by atoms with E-state index in [2.05, 4.69) is 4.98 Å². The molecule has 0 radical (unpaired) electrons. The first-order chi connectivity index (χ1) is 11.5. The van der Waals surface area contributed by atoms with Gasteiger partial charge in [0, 0.05) is 17.1 Å². The predicted molar refractivity (Wildman–Crippen MR) is 90.9 cm³/mol. The monoisotopic (exact) mass is 390 g/mol. The maximum atomic E-state index is 12.7. The summed E-state index contributed by atoms with van der Waals surface area (Å²) in [6.07, 6.45) is -4.55. The van der Waals surface area contributed by atoms with E-state index >= 15 is 0 Å². The van der Waals surface area contributed by atoms with Crippen LogP contribution >= 0.6 is 23.2 Å². The van der Waals surface area contributed by atoms with Crippen molar-refractivity contribution in [3.05, 3.63) is 62.9 Å². The molecule has 2 rings (SSSR count). The molecule has 0 saturated heterocycles. The fourth-order valence-electron chi connectivity index (χ4n) is 2.36. The van der Waals surface area contributed by atoms with Crippen LogP contribution in [0.25, 0.3) is 0 Å². The van der Waals surface area contributed by atoms with Crippen molar-refractivity contribution in [3.63, 3.8) is 0 Å². The minimum Gasteiger partial charge on any atom is -0.335 e. The van der Waals surface area contributed by atoms with E-state index in [4.69, 9.17) is 23.2 Å². The Morgan fingerprint density at radius 3 is 2.36 bits per heavy atom. The smallest absolute Gasteiger partial charge is 0.335 e. The first-order valence-electron chi connectivity index (χ1n) is 7.29. The molecular weight excluding hydrogens is 376 g/mol. The van der Waals surface area contributed by atoms with Crippen LogP contribution in [0, 0.1) is 6.92 Å². The summed E-state index contributed by atoms with van der Waals surface area (Å²) in [5.41, 5.74) is -0.231. The molecule has 0 aliphatic heterocycles.